The molecule has 0 amide bonds. The SMILES string of the molecule is C=CCc1cc(C=O)cc(OC)c1OC(=O)c1cccc([N+](=O)[O-])c1. The lowest BCUT2D eigenvalue weighted by Gasteiger charge is -2.14. The largest absolute Gasteiger partial charge is 0.493 e. The Morgan fingerprint density at radius 1 is 1.32 bits per heavy atom. The second kappa shape index (κ2) is 7.87. The van der Waals surface area contributed by atoms with Gasteiger partial charge in [0.2, 0.25) is 0 Å². The maximum absolute atomic E-state index is 12.4. The van der Waals surface area contributed by atoms with Gasteiger partial charge >= 0.3 is 5.97 Å². The first-order chi connectivity index (χ1) is 12.0. The fraction of sp³-hybridized carbons (Fsp3) is 0.111. The second-order valence-electron chi connectivity index (χ2n) is 5.02. The molecule has 0 aliphatic heterocycles. The number of carbonyl (C=O) groups excluding carboxylic acids is 2. The normalized spacial score (nSPS) is 9.96. The Labute approximate surface area is 143 Å². The van der Waals surface area contributed by atoms with Crippen LogP contribution in [0.2, 0.25) is 0 Å². The lowest BCUT2D eigenvalue weighted by Crippen LogP contribution is -2.11. The average molecular weight is 341 g/mol. The van der Waals surface area contributed by atoms with Crippen LogP contribution < -0.4 is 9.47 Å². The number of aldehydes is 1. The van der Waals surface area contributed by atoms with E-state index in [-0.39, 0.29) is 22.7 Å². The molecule has 0 aliphatic carbocycles. The molecule has 0 saturated carbocycles. The van der Waals surface area contributed by atoms with E-state index in [2.05, 4.69) is 6.58 Å². The predicted molar refractivity (Wildman–Crippen MR) is 90.3 cm³/mol. The van der Waals surface area contributed by atoms with Crippen molar-refractivity contribution in [1.82, 2.24) is 0 Å². The van der Waals surface area contributed by atoms with Crippen LogP contribution in [-0.2, 0) is 6.42 Å². The first-order valence-electron chi connectivity index (χ1n) is 7.23. The number of ether oxygens (including phenoxy) is 2. The lowest BCUT2D eigenvalue weighted by atomic mass is 10.1. The van der Waals surface area contributed by atoms with Gasteiger partial charge in [-0.25, -0.2) is 4.79 Å². The molecular weight excluding hydrogens is 326 g/mol. The van der Waals surface area contributed by atoms with Crippen LogP contribution in [-0.4, -0.2) is 24.3 Å². The minimum atomic E-state index is -0.772. The van der Waals surface area contributed by atoms with Crippen LogP contribution in [0, 0.1) is 10.1 Å². The molecule has 0 saturated heterocycles. The summed E-state index contributed by atoms with van der Waals surface area (Å²) in [6, 6.07) is 8.21. The van der Waals surface area contributed by atoms with Crippen LogP contribution in [0.25, 0.3) is 0 Å². The van der Waals surface area contributed by atoms with E-state index in [1.165, 1.54) is 31.4 Å². The number of nitro benzene ring substituents is 1. The smallest absolute Gasteiger partial charge is 0.343 e. The Balaban J connectivity index is 2.42. The zero-order valence-electron chi connectivity index (χ0n) is 13.4. The lowest BCUT2D eigenvalue weighted by molar-refractivity contribution is -0.384. The van der Waals surface area contributed by atoms with Crippen LogP contribution in [0.1, 0.15) is 26.3 Å². The summed E-state index contributed by atoms with van der Waals surface area (Å²) < 4.78 is 10.6. The number of methoxy groups -OCH3 is 1. The number of benzene rings is 2. The number of non-ortho nitro benzene ring substituents is 1. The summed E-state index contributed by atoms with van der Waals surface area (Å²) in [4.78, 5) is 33.6. The van der Waals surface area contributed by atoms with Gasteiger partial charge in [-0.1, -0.05) is 12.1 Å². The molecule has 0 aliphatic rings. The molecule has 0 fully saturated rings. The Morgan fingerprint density at radius 2 is 2.08 bits per heavy atom. The average Bonchev–Trinajstić information content (AvgIpc) is 2.62. The maximum Gasteiger partial charge on any atom is 0.343 e. The summed E-state index contributed by atoms with van der Waals surface area (Å²) in [5.41, 5.74) is 0.711. The number of hydrogen-bond donors (Lipinski definition) is 0. The monoisotopic (exact) mass is 341 g/mol. The van der Waals surface area contributed by atoms with Crippen molar-refractivity contribution in [2.75, 3.05) is 7.11 Å². The fourth-order valence-electron chi connectivity index (χ4n) is 2.22. The predicted octanol–water partition coefficient (Wildman–Crippen LogP) is 3.36. The summed E-state index contributed by atoms with van der Waals surface area (Å²) in [6.45, 7) is 3.63. The minimum Gasteiger partial charge on any atom is -0.493 e. The molecule has 0 atom stereocenters. The summed E-state index contributed by atoms with van der Waals surface area (Å²) in [7, 11) is 1.38. The summed E-state index contributed by atoms with van der Waals surface area (Å²) in [5.74, 6) is -0.420. The Bertz CT molecular complexity index is 843. The molecule has 2 aromatic carbocycles. The van der Waals surface area contributed by atoms with Gasteiger partial charge in [0.1, 0.15) is 6.29 Å². The topological polar surface area (TPSA) is 95.7 Å². The zero-order chi connectivity index (χ0) is 18.4. The quantitative estimate of drug-likeness (QED) is 0.191. The highest BCUT2D eigenvalue weighted by Gasteiger charge is 2.19. The van der Waals surface area contributed by atoms with Gasteiger partial charge in [-0.3, -0.25) is 14.9 Å². The molecule has 2 aromatic rings. The molecule has 25 heavy (non-hydrogen) atoms. The highest BCUT2D eigenvalue weighted by molar-refractivity contribution is 5.92. The standard InChI is InChI=1S/C18H15NO6/c1-3-5-13-8-12(11-20)9-16(24-2)17(13)25-18(21)14-6-4-7-15(10-14)19(22)23/h3-4,6-11H,1,5H2,2H3. The number of nitrogens with zero attached hydrogens (tertiary/aromatic N) is 1. The van der Waals surface area contributed by atoms with Gasteiger partial charge in [-0.05, 0) is 24.6 Å². The van der Waals surface area contributed by atoms with Crippen LogP contribution in [0.3, 0.4) is 0 Å². The van der Waals surface area contributed by atoms with Crippen LogP contribution in [0.5, 0.6) is 11.5 Å². The summed E-state index contributed by atoms with van der Waals surface area (Å²) >= 11 is 0. The van der Waals surface area contributed by atoms with Gasteiger partial charge in [0.15, 0.2) is 11.5 Å². The van der Waals surface area contributed by atoms with E-state index in [1.807, 2.05) is 0 Å². The van der Waals surface area contributed by atoms with Crippen molar-refractivity contribution in [3.8, 4) is 11.5 Å². The van der Waals surface area contributed by atoms with Crippen LogP contribution in [0.15, 0.2) is 49.1 Å². The molecule has 7 heteroatoms. The number of carbonyl (C=O) groups is 2. The molecule has 7 nitrogen and oxygen atoms in total. The summed E-state index contributed by atoms with van der Waals surface area (Å²) in [5, 5.41) is 10.8. The molecule has 0 bridgehead atoms. The molecule has 0 radical (unpaired) electrons. The second-order valence-corrected chi connectivity index (χ2v) is 5.02. The van der Waals surface area contributed by atoms with E-state index in [4.69, 9.17) is 9.47 Å². The third-order valence-electron chi connectivity index (χ3n) is 3.36. The van der Waals surface area contributed by atoms with Crippen molar-refractivity contribution < 1.29 is 24.0 Å². The van der Waals surface area contributed by atoms with Gasteiger partial charge in [0.25, 0.3) is 5.69 Å². The number of esters is 1. The minimum absolute atomic E-state index is 0.0280. The Kier molecular flexibility index (Phi) is 5.62. The van der Waals surface area contributed by atoms with Gasteiger partial charge in [0, 0.05) is 23.3 Å². The van der Waals surface area contributed by atoms with E-state index in [0.717, 1.165) is 6.07 Å². The van der Waals surface area contributed by atoms with E-state index in [0.29, 0.717) is 23.8 Å². The molecule has 2 rings (SSSR count). The van der Waals surface area contributed by atoms with Gasteiger partial charge < -0.3 is 9.47 Å². The van der Waals surface area contributed by atoms with Crippen molar-refractivity contribution in [2.45, 2.75) is 6.42 Å². The number of rotatable bonds is 7. The van der Waals surface area contributed by atoms with Crippen molar-refractivity contribution in [1.29, 1.82) is 0 Å². The van der Waals surface area contributed by atoms with E-state index < -0.39 is 10.9 Å². The first kappa shape index (κ1) is 17.9. The van der Waals surface area contributed by atoms with Gasteiger partial charge in [-0.15, -0.1) is 6.58 Å². The molecular formula is C18H15NO6. The zero-order valence-corrected chi connectivity index (χ0v) is 13.4. The van der Waals surface area contributed by atoms with Gasteiger partial charge in [0.05, 0.1) is 17.6 Å². The molecule has 0 N–H and O–H groups in total. The fourth-order valence-corrected chi connectivity index (χ4v) is 2.22. The number of nitro groups is 1. The molecule has 0 spiro atoms. The third kappa shape index (κ3) is 4.08. The van der Waals surface area contributed by atoms with Crippen molar-refractivity contribution in [3.05, 3.63) is 75.9 Å². The van der Waals surface area contributed by atoms with E-state index >= 15 is 0 Å². The molecule has 128 valence electrons. The molecule has 0 aromatic heterocycles. The van der Waals surface area contributed by atoms with Crippen molar-refractivity contribution in [3.63, 3.8) is 0 Å². The van der Waals surface area contributed by atoms with Crippen molar-refractivity contribution in [2.24, 2.45) is 0 Å². The first-order valence-corrected chi connectivity index (χ1v) is 7.23. The number of allylic oxidation sites excluding steroid dienone is 1. The maximum atomic E-state index is 12.4. The Morgan fingerprint density at radius 3 is 2.68 bits per heavy atom. The van der Waals surface area contributed by atoms with Crippen LogP contribution in [0.4, 0.5) is 5.69 Å². The molecule has 0 heterocycles. The van der Waals surface area contributed by atoms with E-state index in [9.17, 15) is 19.7 Å². The highest BCUT2D eigenvalue weighted by atomic mass is 16.6. The Hall–Kier alpha value is -3.48. The van der Waals surface area contributed by atoms with Crippen molar-refractivity contribution >= 4 is 17.9 Å². The highest BCUT2D eigenvalue weighted by Crippen LogP contribution is 2.34. The third-order valence-corrected chi connectivity index (χ3v) is 3.36. The molecule has 0 unspecified atom stereocenters. The van der Waals surface area contributed by atoms with Crippen LogP contribution >= 0.6 is 0 Å². The van der Waals surface area contributed by atoms with E-state index in [1.54, 1.807) is 12.1 Å². The number of hydrogen-bond acceptors (Lipinski definition) is 6. The van der Waals surface area contributed by atoms with Gasteiger partial charge in [-0.2, -0.15) is 0 Å². The summed E-state index contributed by atoms with van der Waals surface area (Å²) in [6.07, 6.45) is 2.59.